The zero-order valence-electron chi connectivity index (χ0n) is 22.4. The number of nitrogens with one attached hydrogen (secondary N) is 2. The Balaban J connectivity index is 1.68. The summed E-state index contributed by atoms with van der Waals surface area (Å²) < 4.78 is 40.1. The van der Waals surface area contributed by atoms with Crippen LogP contribution in [-0.2, 0) is 14.8 Å². The Morgan fingerprint density at radius 2 is 1.77 bits per heavy atom. The quantitative estimate of drug-likeness (QED) is 0.110. The van der Waals surface area contributed by atoms with Crippen molar-refractivity contribution in [3.63, 3.8) is 0 Å². The molecule has 9 heteroatoms. The normalized spacial score (nSPS) is 12.6. The molecule has 0 spiro atoms. The first-order valence-electron chi connectivity index (χ1n) is 13.2. The molecule has 2 N–H and O–H groups in total. The summed E-state index contributed by atoms with van der Waals surface area (Å²) in [5.41, 5.74) is 6.11. The van der Waals surface area contributed by atoms with Crippen molar-refractivity contribution in [3.05, 3.63) is 106 Å². The fourth-order valence-corrected chi connectivity index (χ4v) is 5.90. The highest BCUT2D eigenvalue weighted by molar-refractivity contribution is 7.90. The predicted octanol–water partition coefficient (Wildman–Crippen LogP) is 7.37. The number of sulfonamides is 1. The van der Waals surface area contributed by atoms with Crippen molar-refractivity contribution < 1.29 is 17.6 Å². The van der Waals surface area contributed by atoms with Crippen LogP contribution in [0.5, 0.6) is 0 Å². The first-order chi connectivity index (χ1) is 19.2. The van der Waals surface area contributed by atoms with Crippen LogP contribution >= 0.6 is 11.6 Å². The SMILES string of the molecule is CCCCCS(=O)(=O)NC(=O)C=Cc1ccc(C(=C(CC)c2ccc(F)cc2Cl)c2ccc3[nH]ncc3c2)cc1. The second-order valence-corrected chi connectivity index (χ2v) is 11.7. The van der Waals surface area contributed by atoms with Crippen LogP contribution < -0.4 is 4.72 Å². The van der Waals surface area contributed by atoms with E-state index in [2.05, 4.69) is 14.9 Å². The van der Waals surface area contributed by atoms with Crippen LogP contribution in [0, 0.1) is 5.82 Å². The van der Waals surface area contributed by atoms with Gasteiger partial charge >= 0.3 is 0 Å². The van der Waals surface area contributed by atoms with Crippen molar-refractivity contribution >= 4 is 55.7 Å². The van der Waals surface area contributed by atoms with E-state index in [1.807, 2.05) is 56.3 Å². The number of amides is 1. The van der Waals surface area contributed by atoms with E-state index >= 15 is 0 Å². The van der Waals surface area contributed by atoms with E-state index in [0.29, 0.717) is 17.9 Å². The van der Waals surface area contributed by atoms with Gasteiger partial charge in [-0.2, -0.15) is 5.10 Å². The van der Waals surface area contributed by atoms with Gasteiger partial charge in [-0.1, -0.05) is 74.7 Å². The zero-order valence-corrected chi connectivity index (χ0v) is 23.9. The average Bonchev–Trinajstić information content (AvgIpc) is 3.39. The summed E-state index contributed by atoms with van der Waals surface area (Å²) in [4.78, 5) is 12.2. The van der Waals surface area contributed by atoms with E-state index in [0.717, 1.165) is 57.1 Å². The number of aromatic amines is 1. The molecule has 1 heterocycles. The van der Waals surface area contributed by atoms with Crippen LogP contribution in [0.2, 0.25) is 5.02 Å². The van der Waals surface area contributed by atoms with Gasteiger partial charge in [-0.3, -0.25) is 9.89 Å². The van der Waals surface area contributed by atoms with Gasteiger partial charge in [-0.25, -0.2) is 17.5 Å². The number of H-pyrrole nitrogens is 1. The van der Waals surface area contributed by atoms with Crippen molar-refractivity contribution in [3.8, 4) is 0 Å². The lowest BCUT2D eigenvalue weighted by Gasteiger charge is -2.18. The first-order valence-corrected chi connectivity index (χ1v) is 15.2. The van der Waals surface area contributed by atoms with Crippen LogP contribution in [0.3, 0.4) is 0 Å². The number of carbonyl (C=O) groups is 1. The molecule has 6 nitrogen and oxygen atoms in total. The lowest BCUT2D eigenvalue weighted by Crippen LogP contribution is -2.31. The van der Waals surface area contributed by atoms with Gasteiger partial charge in [0.05, 0.1) is 22.5 Å². The van der Waals surface area contributed by atoms with Gasteiger partial charge in [0.1, 0.15) is 5.82 Å². The minimum atomic E-state index is -3.66. The number of hydrogen-bond acceptors (Lipinski definition) is 4. The van der Waals surface area contributed by atoms with E-state index < -0.39 is 21.7 Å². The van der Waals surface area contributed by atoms with Gasteiger partial charge in [-0.05, 0) is 76.6 Å². The van der Waals surface area contributed by atoms with Gasteiger partial charge in [-0.15, -0.1) is 0 Å². The van der Waals surface area contributed by atoms with Crippen molar-refractivity contribution in [2.24, 2.45) is 0 Å². The summed E-state index contributed by atoms with van der Waals surface area (Å²) in [7, 11) is -3.66. The Labute approximate surface area is 239 Å². The highest BCUT2D eigenvalue weighted by Gasteiger charge is 2.17. The fourth-order valence-electron chi connectivity index (χ4n) is 4.56. The number of rotatable bonds is 11. The van der Waals surface area contributed by atoms with E-state index in [4.69, 9.17) is 11.6 Å². The minimum absolute atomic E-state index is 0.0767. The second kappa shape index (κ2) is 13.1. The maximum absolute atomic E-state index is 13.9. The smallest absolute Gasteiger partial charge is 0.257 e. The Hall–Kier alpha value is -3.75. The number of carbonyl (C=O) groups excluding carboxylic acids is 1. The highest BCUT2D eigenvalue weighted by Crippen LogP contribution is 2.38. The number of fused-ring (bicyclic) bond motifs is 1. The third-order valence-corrected chi connectivity index (χ3v) is 8.19. The molecule has 0 unspecified atom stereocenters. The summed E-state index contributed by atoms with van der Waals surface area (Å²) >= 11 is 6.50. The first kappa shape index (κ1) is 29.2. The topological polar surface area (TPSA) is 91.9 Å². The maximum atomic E-state index is 13.9. The Kier molecular flexibility index (Phi) is 9.55. The van der Waals surface area contributed by atoms with E-state index in [-0.39, 0.29) is 5.75 Å². The molecule has 40 heavy (non-hydrogen) atoms. The Morgan fingerprint density at radius 3 is 2.48 bits per heavy atom. The van der Waals surface area contributed by atoms with Crippen LogP contribution in [0.1, 0.15) is 61.8 Å². The number of allylic oxidation sites excluding steroid dienone is 1. The molecule has 0 radical (unpaired) electrons. The largest absolute Gasteiger partial charge is 0.278 e. The summed E-state index contributed by atoms with van der Waals surface area (Å²) in [5.74, 6) is -1.17. The lowest BCUT2D eigenvalue weighted by atomic mass is 9.87. The van der Waals surface area contributed by atoms with Gasteiger partial charge in [0.25, 0.3) is 5.91 Å². The molecule has 3 aromatic carbocycles. The predicted molar refractivity (Wildman–Crippen MR) is 161 cm³/mol. The molecule has 0 atom stereocenters. The van der Waals surface area contributed by atoms with Crippen LogP contribution in [0.15, 0.2) is 72.9 Å². The van der Waals surface area contributed by atoms with Crippen molar-refractivity contribution in [1.82, 2.24) is 14.9 Å². The highest BCUT2D eigenvalue weighted by atomic mass is 35.5. The molecule has 0 bridgehead atoms. The van der Waals surface area contributed by atoms with E-state index in [1.165, 1.54) is 18.2 Å². The summed E-state index contributed by atoms with van der Waals surface area (Å²) in [6.07, 6.45) is 7.37. The van der Waals surface area contributed by atoms with Crippen LogP contribution in [-0.4, -0.2) is 30.3 Å². The van der Waals surface area contributed by atoms with Crippen molar-refractivity contribution in [2.45, 2.75) is 39.5 Å². The number of aromatic nitrogens is 2. The van der Waals surface area contributed by atoms with Crippen LogP contribution in [0.4, 0.5) is 4.39 Å². The minimum Gasteiger partial charge on any atom is -0.278 e. The molecule has 208 valence electrons. The molecule has 0 aliphatic rings. The maximum Gasteiger partial charge on any atom is 0.257 e. The van der Waals surface area contributed by atoms with E-state index in [9.17, 15) is 17.6 Å². The summed E-state index contributed by atoms with van der Waals surface area (Å²) in [6, 6.07) is 18.0. The second-order valence-electron chi connectivity index (χ2n) is 9.45. The number of unbranched alkanes of at least 4 members (excludes halogenated alkanes) is 2. The third kappa shape index (κ3) is 7.25. The number of halogens is 2. The van der Waals surface area contributed by atoms with Crippen LogP contribution in [0.25, 0.3) is 28.1 Å². The summed E-state index contributed by atoms with van der Waals surface area (Å²) in [5, 5.41) is 8.37. The fraction of sp³-hybridized carbons (Fsp3) is 0.226. The third-order valence-electron chi connectivity index (χ3n) is 6.54. The standard InChI is InChI=1S/C31H31ClFN3O3S/c1-3-5-6-17-40(38,39)36-30(37)16-9-21-7-10-22(11-8-21)31(23-12-15-29-24(18-23)20-34-35-29)26(4-2)27-14-13-25(33)19-28(27)32/h7-16,18-20H,3-6,17H2,1-2H3,(H,34,35)(H,36,37). The van der Waals surface area contributed by atoms with Gasteiger partial charge in [0, 0.05) is 11.5 Å². The molecule has 4 aromatic rings. The lowest BCUT2D eigenvalue weighted by molar-refractivity contribution is -0.114. The molecule has 1 amide bonds. The van der Waals surface area contributed by atoms with Gasteiger partial charge in [0.15, 0.2) is 0 Å². The number of hydrogen-bond donors (Lipinski definition) is 2. The van der Waals surface area contributed by atoms with Gasteiger partial charge < -0.3 is 0 Å². The average molecular weight is 580 g/mol. The van der Waals surface area contributed by atoms with Gasteiger partial charge in [0.2, 0.25) is 10.0 Å². The summed E-state index contributed by atoms with van der Waals surface area (Å²) in [6.45, 7) is 4.01. The monoisotopic (exact) mass is 579 g/mol. The molecule has 0 fully saturated rings. The van der Waals surface area contributed by atoms with E-state index in [1.54, 1.807) is 18.3 Å². The Bertz CT molecular complexity index is 1680. The zero-order chi connectivity index (χ0) is 28.7. The number of nitrogens with zero attached hydrogens (tertiary/aromatic N) is 1. The molecule has 0 saturated heterocycles. The molecular weight excluding hydrogens is 549 g/mol. The molecule has 4 rings (SSSR count). The number of benzene rings is 3. The Morgan fingerprint density at radius 1 is 1.02 bits per heavy atom. The molecule has 1 aromatic heterocycles. The molecule has 0 aliphatic heterocycles. The molecule has 0 aliphatic carbocycles. The van der Waals surface area contributed by atoms with Crippen molar-refractivity contribution in [1.29, 1.82) is 0 Å². The molecule has 0 saturated carbocycles. The molecular formula is C31H31ClFN3O3S. The van der Waals surface area contributed by atoms with Crippen molar-refractivity contribution in [2.75, 3.05) is 5.75 Å².